The summed E-state index contributed by atoms with van der Waals surface area (Å²) < 4.78 is 5.48. The van der Waals surface area contributed by atoms with Crippen LogP contribution in [-0.4, -0.2) is 60.5 Å². The van der Waals surface area contributed by atoms with Crippen molar-refractivity contribution in [1.82, 2.24) is 15.3 Å². The Bertz CT molecular complexity index is 607. The molecule has 0 saturated carbocycles. The maximum Gasteiger partial charge on any atom is 0.232 e. The lowest BCUT2D eigenvalue weighted by molar-refractivity contribution is 0.122. The van der Waals surface area contributed by atoms with Gasteiger partial charge in [0.15, 0.2) is 5.11 Å². The highest BCUT2D eigenvalue weighted by Crippen LogP contribution is 2.27. The van der Waals surface area contributed by atoms with E-state index in [2.05, 4.69) is 40.3 Å². The Morgan fingerprint density at radius 1 is 1.23 bits per heavy atom. The van der Waals surface area contributed by atoms with Gasteiger partial charge in [-0.15, -0.1) is 0 Å². The minimum atomic E-state index is 0.495. The summed E-state index contributed by atoms with van der Waals surface area (Å²) in [5, 5.41) is 6.92. The van der Waals surface area contributed by atoms with Crippen molar-refractivity contribution < 1.29 is 4.74 Å². The molecule has 1 aromatic heterocycles. The quantitative estimate of drug-likeness (QED) is 0.757. The Morgan fingerprint density at radius 2 is 2.00 bits per heavy atom. The average molecular weight is 379 g/mol. The minimum Gasteiger partial charge on any atom is -0.378 e. The van der Waals surface area contributed by atoms with Gasteiger partial charge in [0.05, 0.1) is 13.2 Å². The summed E-state index contributed by atoms with van der Waals surface area (Å²) in [5.74, 6) is 2.49. The van der Waals surface area contributed by atoms with E-state index < -0.39 is 0 Å². The average Bonchev–Trinajstić information content (AvgIpc) is 2.67. The van der Waals surface area contributed by atoms with Gasteiger partial charge in [0.2, 0.25) is 5.95 Å². The largest absolute Gasteiger partial charge is 0.378 e. The van der Waals surface area contributed by atoms with Crippen LogP contribution in [0.2, 0.25) is 0 Å². The minimum absolute atomic E-state index is 0.495. The fourth-order valence-electron chi connectivity index (χ4n) is 3.40. The molecular weight excluding hydrogens is 348 g/mol. The zero-order chi connectivity index (χ0) is 18.4. The molecule has 0 bridgehead atoms. The highest BCUT2D eigenvalue weighted by molar-refractivity contribution is 7.80. The van der Waals surface area contributed by atoms with Crippen molar-refractivity contribution in [3.05, 3.63) is 6.07 Å². The highest BCUT2D eigenvalue weighted by Gasteiger charge is 2.23. The van der Waals surface area contributed by atoms with E-state index in [1.165, 1.54) is 19.3 Å². The van der Waals surface area contributed by atoms with Gasteiger partial charge < -0.3 is 25.2 Å². The number of nitrogens with one attached hydrogen (secondary N) is 2. The number of anilines is 3. The first-order valence-electron chi connectivity index (χ1n) is 9.70. The molecule has 0 unspecified atom stereocenters. The van der Waals surface area contributed by atoms with Gasteiger partial charge in [-0.2, -0.15) is 9.97 Å². The fourth-order valence-corrected chi connectivity index (χ4v) is 3.60. The van der Waals surface area contributed by atoms with Crippen LogP contribution in [0, 0.1) is 0 Å². The molecule has 0 spiro atoms. The summed E-state index contributed by atoms with van der Waals surface area (Å²) >= 11 is 5.37. The molecule has 0 aliphatic carbocycles. The first kappa shape index (κ1) is 19.1. The molecule has 2 N–H and O–H groups in total. The molecule has 3 rings (SSSR count). The van der Waals surface area contributed by atoms with Gasteiger partial charge in [0, 0.05) is 38.3 Å². The van der Waals surface area contributed by atoms with Crippen LogP contribution in [0.4, 0.5) is 17.6 Å². The summed E-state index contributed by atoms with van der Waals surface area (Å²) in [6, 6.07) is 2.61. The van der Waals surface area contributed by atoms with Gasteiger partial charge in [-0.25, -0.2) is 0 Å². The molecule has 0 amide bonds. The maximum absolute atomic E-state index is 5.48. The molecule has 2 aliphatic heterocycles. The number of rotatable bonds is 5. The molecule has 0 radical (unpaired) electrons. The van der Waals surface area contributed by atoms with Crippen LogP contribution in [0.5, 0.6) is 0 Å². The summed E-state index contributed by atoms with van der Waals surface area (Å²) in [6.07, 6.45) is 4.72. The van der Waals surface area contributed by atoms with Crippen molar-refractivity contribution in [2.45, 2.75) is 45.6 Å². The van der Waals surface area contributed by atoms with Gasteiger partial charge in [0.1, 0.15) is 11.6 Å². The van der Waals surface area contributed by atoms with E-state index in [1.807, 2.05) is 0 Å². The number of thiocarbonyl (C=S) groups is 1. The predicted octanol–water partition coefficient (Wildman–Crippen LogP) is 2.39. The Balaban J connectivity index is 1.84. The molecular formula is C18H30N6OS. The lowest BCUT2D eigenvalue weighted by Crippen LogP contribution is -2.40. The van der Waals surface area contributed by atoms with Crippen molar-refractivity contribution in [2.24, 2.45) is 0 Å². The second-order valence-electron chi connectivity index (χ2n) is 6.93. The molecule has 3 heterocycles. The molecule has 1 atom stereocenters. The van der Waals surface area contributed by atoms with E-state index in [0.29, 0.717) is 17.1 Å². The summed E-state index contributed by atoms with van der Waals surface area (Å²) in [7, 11) is 0. The summed E-state index contributed by atoms with van der Waals surface area (Å²) in [6.45, 7) is 9.44. The van der Waals surface area contributed by atoms with Crippen molar-refractivity contribution in [3.8, 4) is 0 Å². The van der Waals surface area contributed by atoms with Gasteiger partial charge in [-0.05, 0) is 44.8 Å². The molecule has 0 aromatic carbocycles. The Kier molecular flexibility index (Phi) is 6.85. The Labute approximate surface area is 161 Å². The standard InChI is InChI=1S/C18H30N6OS/c1-3-7-19-18(26)22-17-20-15(23-9-11-25-12-10-23)13-16(21-17)24-8-5-4-6-14(24)2/h13-14H,3-12H2,1-2H3,(H2,19,20,21,22,26)/t14-/m0/s1. The van der Waals surface area contributed by atoms with Gasteiger partial charge >= 0.3 is 0 Å². The predicted molar refractivity (Wildman–Crippen MR) is 110 cm³/mol. The van der Waals surface area contributed by atoms with Crippen molar-refractivity contribution in [1.29, 1.82) is 0 Å². The topological polar surface area (TPSA) is 65.6 Å². The van der Waals surface area contributed by atoms with Crippen molar-refractivity contribution in [3.63, 3.8) is 0 Å². The lowest BCUT2D eigenvalue weighted by Gasteiger charge is -2.35. The van der Waals surface area contributed by atoms with Crippen molar-refractivity contribution in [2.75, 3.05) is 54.5 Å². The van der Waals surface area contributed by atoms with Crippen molar-refractivity contribution >= 4 is 34.9 Å². The number of nitrogens with zero attached hydrogens (tertiary/aromatic N) is 4. The van der Waals surface area contributed by atoms with E-state index in [9.17, 15) is 0 Å². The lowest BCUT2D eigenvalue weighted by atomic mass is 10.0. The monoisotopic (exact) mass is 378 g/mol. The molecule has 26 heavy (non-hydrogen) atoms. The molecule has 1 aromatic rings. The van der Waals surface area contributed by atoms with Gasteiger partial charge in [-0.1, -0.05) is 6.92 Å². The van der Waals surface area contributed by atoms with Gasteiger partial charge in [-0.3, -0.25) is 0 Å². The molecule has 144 valence electrons. The second kappa shape index (κ2) is 9.32. The zero-order valence-electron chi connectivity index (χ0n) is 15.8. The maximum atomic E-state index is 5.48. The van der Waals surface area contributed by atoms with E-state index in [0.717, 1.165) is 57.4 Å². The van der Waals surface area contributed by atoms with Crippen LogP contribution in [0.1, 0.15) is 39.5 Å². The number of aromatic nitrogens is 2. The molecule has 7 nitrogen and oxygen atoms in total. The van der Waals surface area contributed by atoms with Crippen LogP contribution in [0.3, 0.4) is 0 Å². The molecule has 2 aliphatic rings. The van der Waals surface area contributed by atoms with E-state index in [4.69, 9.17) is 26.9 Å². The van der Waals surface area contributed by atoms with E-state index in [-0.39, 0.29) is 0 Å². The normalized spacial score (nSPS) is 20.8. The van der Waals surface area contributed by atoms with E-state index >= 15 is 0 Å². The van der Waals surface area contributed by atoms with Crippen LogP contribution >= 0.6 is 12.2 Å². The van der Waals surface area contributed by atoms with E-state index in [1.54, 1.807) is 0 Å². The SMILES string of the molecule is CCCNC(=S)Nc1nc(N2CCOCC2)cc(N2CCCC[C@@H]2C)n1. The van der Waals surface area contributed by atoms with Crippen LogP contribution < -0.4 is 20.4 Å². The number of ether oxygens (including phenoxy) is 1. The highest BCUT2D eigenvalue weighted by atomic mass is 32.1. The Hall–Kier alpha value is -1.67. The molecule has 8 heteroatoms. The van der Waals surface area contributed by atoms with Crippen LogP contribution in [0.15, 0.2) is 6.07 Å². The Morgan fingerprint density at radius 3 is 2.73 bits per heavy atom. The molecule has 2 saturated heterocycles. The smallest absolute Gasteiger partial charge is 0.232 e. The zero-order valence-corrected chi connectivity index (χ0v) is 16.6. The van der Waals surface area contributed by atoms with Gasteiger partial charge in [0.25, 0.3) is 0 Å². The second-order valence-corrected chi connectivity index (χ2v) is 7.33. The third-order valence-corrected chi connectivity index (χ3v) is 5.14. The number of hydrogen-bond donors (Lipinski definition) is 2. The first-order chi connectivity index (χ1) is 12.7. The number of hydrogen-bond acceptors (Lipinski definition) is 6. The third-order valence-electron chi connectivity index (χ3n) is 4.89. The summed E-state index contributed by atoms with van der Waals surface area (Å²) in [5.41, 5.74) is 0. The first-order valence-corrected chi connectivity index (χ1v) is 10.1. The van der Waals surface area contributed by atoms with Crippen LogP contribution in [0.25, 0.3) is 0 Å². The number of morpholine rings is 1. The fraction of sp³-hybridized carbons (Fsp3) is 0.722. The van der Waals surface area contributed by atoms with Crippen LogP contribution in [-0.2, 0) is 4.74 Å². The molecule has 2 fully saturated rings. The number of piperidine rings is 1. The summed E-state index contributed by atoms with van der Waals surface area (Å²) in [4.78, 5) is 14.1. The third kappa shape index (κ3) is 4.94.